The molecule has 1 N–H and O–H groups in total. The van der Waals surface area contributed by atoms with Gasteiger partial charge in [0.25, 0.3) is 0 Å². The second-order valence-corrected chi connectivity index (χ2v) is 5.42. The molecule has 0 amide bonds. The van der Waals surface area contributed by atoms with E-state index in [4.69, 9.17) is 11.6 Å². The summed E-state index contributed by atoms with van der Waals surface area (Å²) in [5.41, 5.74) is 0. The van der Waals surface area contributed by atoms with Crippen LogP contribution in [0.4, 0.5) is 5.13 Å². The summed E-state index contributed by atoms with van der Waals surface area (Å²) in [6.07, 6.45) is 1.22. The maximum Gasteiger partial charge on any atom is 0.187 e. The van der Waals surface area contributed by atoms with Crippen molar-refractivity contribution in [3.05, 3.63) is 10.0 Å². The van der Waals surface area contributed by atoms with Crippen LogP contribution in [0.2, 0.25) is 5.15 Å². The van der Waals surface area contributed by atoms with E-state index in [9.17, 15) is 9.90 Å². The first kappa shape index (κ1) is 11.8. The quantitative estimate of drug-likeness (QED) is 0.824. The van der Waals surface area contributed by atoms with Gasteiger partial charge in [0, 0.05) is 13.1 Å². The largest absolute Gasteiger partial charge is 0.393 e. The van der Waals surface area contributed by atoms with Crippen molar-refractivity contribution in [2.45, 2.75) is 19.4 Å². The van der Waals surface area contributed by atoms with E-state index in [0.29, 0.717) is 4.88 Å². The summed E-state index contributed by atoms with van der Waals surface area (Å²) in [6.45, 7) is 3.52. The minimum Gasteiger partial charge on any atom is -0.393 e. The van der Waals surface area contributed by atoms with Gasteiger partial charge in [0.05, 0.1) is 6.10 Å². The molecule has 0 saturated carbocycles. The molecular weight excluding hydrogens is 248 g/mol. The molecule has 2 heterocycles. The van der Waals surface area contributed by atoms with Crippen LogP contribution in [0.1, 0.15) is 23.0 Å². The van der Waals surface area contributed by atoms with Crippen molar-refractivity contribution in [3.63, 3.8) is 0 Å². The fraction of sp³-hybridized carbons (Fsp3) is 0.600. The van der Waals surface area contributed by atoms with Gasteiger partial charge in [0.1, 0.15) is 4.88 Å². The number of aliphatic hydroxyl groups excluding tert-OH is 1. The van der Waals surface area contributed by atoms with Crippen LogP contribution in [0, 0.1) is 5.92 Å². The molecule has 0 spiro atoms. The number of thiazole rings is 1. The smallest absolute Gasteiger partial charge is 0.187 e. The summed E-state index contributed by atoms with van der Waals surface area (Å²) in [6, 6.07) is 0. The highest BCUT2D eigenvalue weighted by Gasteiger charge is 2.26. The number of carbonyl (C=O) groups is 1. The number of rotatable bonds is 2. The van der Waals surface area contributed by atoms with Crippen molar-refractivity contribution in [2.24, 2.45) is 5.92 Å². The van der Waals surface area contributed by atoms with Crippen LogP contribution in [0.25, 0.3) is 0 Å². The number of carbonyl (C=O) groups excluding carboxylic acids is 1. The van der Waals surface area contributed by atoms with Gasteiger partial charge in [-0.05, 0) is 12.3 Å². The molecule has 2 atom stereocenters. The third-order valence-corrected chi connectivity index (χ3v) is 4.28. The molecule has 16 heavy (non-hydrogen) atoms. The predicted octanol–water partition coefficient (Wildman–Crippen LogP) is 1.82. The zero-order valence-corrected chi connectivity index (χ0v) is 10.5. The lowest BCUT2D eigenvalue weighted by Crippen LogP contribution is -2.41. The first-order valence-corrected chi connectivity index (χ1v) is 6.35. The Labute approximate surface area is 103 Å². The lowest BCUT2D eigenvalue weighted by molar-refractivity contribution is 0.0971. The molecule has 1 aliphatic heterocycles. The molecule has 0 bridgehead atoms. The number of aromatic nitrogens is 1. The van der Waals surface area contributed by atoms with E-state index in [1.54, 1.807) is 0 Å². The van der Waals surface area contributed by atoms with Crippen molar-refractivity contribution >= 4 is 34.4 Å². The number of hydrogen-bond acceptors (Lipinski definition) is 5. The highest BCUT2D eigenvalue weighted by atomic mass is 35.5. The molecule has 0 radical (unpaired) electrons. The van der Waals surface area contributed by atoms with Crippen LogP contribution >= 0.6 is 22.9 Å². The second kappa shape index (κ2) is 4.69. The number of aldehydes is 1. The van der Waals surface area contributed by atoms with E-state index in [1.165, 1.54) is 11.3 Å². The number of nitrogens with zero attached hydrogens (tertiary/aromatic N) is 2. The molecule has 88 valence electrons. The number of aliphatic hydroxyl groups is 1. The minimum atomic E-state index is -0.239. The van der Waals surface area contributed by atoms with E-state index < -0.39 is 0 Å². The summed E-state index contributed by atoms with van der Waals surface area (Å²) in [4.78, 5) is 17.4. The Kier molecular flexibility index (Phi) is 3.47. The van der Waals surface area contributed by atoms with Crippen molar-refractivity contribution in [3.8, 4) is 0 Å². The topological polar surface area (TPSA) is 53.4 Å². The molecule has 1 aromatic rings. The summed E-state index contributed by atoms with van der Waals surface area (Å²) >= 11 is 7.12. The van der Waals surface area contributed by atoms with Gasteiger partial charge >= 0.3 is 0 Å². The van der Waals surface area contributed by atoms with Crippen LogP contribution in [-0.2, 0) is 0 Å². The molecule has 6 heteroatoms. The Morgan fingerprint density at radius 1 is 1.69 bits per heavy atom. The fourth-order valence-corrected chi connectivity index (χ4v) is 2.91. The lowest BCUT2D eigenvalue weighted by atomic mass is 9.97. The molecule has 0 aromatic carbocycles. The van der Waals surface area contributed by atoms with Crippen LogP contribution in [0.15, 0.2) is 0 Å². The summed E-state index contributed by atoms with van der Waals surface area (Å²) in [5.74, 6) is 0.219. The zero-order valence-electron chi connectivity index (χ0n) is 8.89. The van der Waals surface area contributed by atoms with E-state index in [-0.39, 0.29) is 17.2 Å². The number of anilines is 1. The molecule has 1 aromatic heterocycles. The highest BCUT2D eigenvalue weighted by molar-refractivity contribution is 7.17. The van der Waals surface area contributed by atoms with Crippen molar-refractivity contribution in [1.29, 1.82) is 0 Å². The first-order chi connectivity index (χ1) is 7.61. The second-order valence-electron chi connectivity index (χ2n) is 4.05. The van der Waals surface area contributed by atoms with Crippen LogP contribution in [0.3, 0.4) is 0 Å². The number of halogens is 1. The molecule has 0 aliphatic carbocycles. The average Bonchev–Trinajstić information content (AvgIpc) is 2.64. The van der Waals surface area contributed by atoms with Crippen LogP contribution in [-0.4, -0.2) is 35.6 Å². The Balaban J connectivity index is 2.15. The Morgan fingerprint density at radius 2 is 2.44 bits per heavy atom. The van der Waals surface area contributed by atoms with Crippen LogP contribution in [0.5, 0.6) is 0 Å². The lowest BCUT2D eigenvalue weighted by Gasteiger charge is -2.34. The molecule has 2 unspecified atom stereocenters. The Bertz CT molecular complexity index is 396. The van der Waals surface area contributed by atoms with E-state index in [2.05, 4.69) is 9.88 Å². The summed E-state index contributed by atoms with van der Waals surface area (Å²) < 4.78 is 0. The molecule has 1 aliphatic rings. The Hall–Kier alpha value is -0.650. The van der Waals surface area contributed by atoms with Gasteiger partial charge in [0.2, 0.25) is 0 Å². The third-order valence-electron chi connectivity index (χ3n) is 2.84. The summed E-state index contributed by atoms with van der Waals surface area (Å²) in [5, 5.41) is 10.7. The van der Waals surface area contributed by atoms with Gasteiger partial charge in [-0.25, -0.2) is 4.98 Å². The average molecular weight is 261 g/mol. The van der Waals surface area contributed by atoms with Crippen LogP contribution < -0.4 is 4.90 Å². The predicted molar refractivity (Wildman–Crippen MR) is 64.5 cm³/mol. The van der Waals surface area contributed by atoms with Crippen molar-refractivity contribution in [2.75, 3.05) is 18.0 Å². The van der Waals surface area contributed by atoms with Gasteiger partial charge in [-0.1, -0.05) is 29.9 Å². The minimum absolute atomic E-state index is 0.219. The molecular formula is C10H13ClN2O2S. The number of piperidine rings is 1. The fourth-order valence-electron chi connectivity index (χ4n) is 1.82. The SMILES string of the molecule is CC1CN(c2nc(Cl)c(C=O)s2)CCC1O. The van der Waals surface area contributed by atoms with Gasteiger partial charge in [0.15, 0.2) is 16.6 Å². The maximum atomic E-state index is 10.7. The third kappa shape index (κ3) is 2.21. The molecule has 4 nitrogen and oxygen atoms in total. The maximum absolute atomic E-state index is 10.7. The normalized spacial score (nSPS) is 25.8. The van der Waals surface area contributed by atoms with Crippen molar-refractivity contribution < 1.29 is 9.90 Å². The van der Waals surface area contributed by atoms with Gasteiger partial charge in [-0.15, -0.1) is 0 Å². The van der Waals surface area contributed by atoms with Gasteiger partial charge in [-0.3, -0.25) is 4.79 Å². The van der Waals surface area contributed by atoms with Gasteiger partial charge in [-0.2, -0.15) is 0 Å². The molecule has 2 rings (SSSR count). The molecule has 1 saturated heterocycles. The molecule has 1 fully saturated rings. The standard InChI is InChI=1S/C10H13ClN2O2S/c1-6-4-13(3-2-7(6)15)10-12-9(11)8(5-14)16-10/h5-7,15H,2-4H2,1H3. The Morgan fingerprint density at radius 3 is 3.00 bits per heavy atom. The van der Waals surface area contributed by atoms with E-state index >= 15 is 0 Å². The first-order valence-electron chi connectivity index (χ1n) is 5.16. The van der Waals surface area contributed by atoms with E-state index in [1.807, 2.05) is 6.92 Å². The summed E-state index contributed by atoms with van der Waals surface area (Å²) in [7, 11) is 0. The highest BCUT2D eigenvalue weighted by Crippen LogP contribution is 2.31. The van der Waals surface area contributed by atoms with Crippen molar-refractivity contribution in [1.82, 2.24) is 4.98 Å². The number of hydrogen-bond donors (Lipinski definition) is 1. The van der Waals surface area contributed by atoms with Gasteiger partial charge < -0.3 is 10.0 Å². The zero-order chi connectivity index (χ0) is 11.7. The van der Waals surface area contributed by atoms with E-state index in [0.717, 1.165) is 30.9 Å². The monoisotopic (exact) mass is 260 g/mol.